The Hall–Kier alpha value is -3.12. The van der Waals surface area contributed by atoms with Crippen molar-refractivity contribution in [3.63, 3.8) is 0 Å². The highest BCUT2D eigenvalue weighted by Gasteiger charge is 2.39. The first-order valence-electron chi connectivity index (χ1n) is 11.5. The molecule has 1 aliphatic heterocycles. The normalized spacial score (nSPS) is 14.1. The van der Waals surface area contributed by atoms with Gasteiger partial charge >= 0.3 is 0 Å². The smallest absolute Gasteiger partial charge is 0.278 e. The van der Waals surface area contributed by atoms with Gasteiger partial charge in [0.15, 0.2) is 0 Å². The quantitative estimate of drug-likeness (QED) is 0.403. The van der Waals surface area contributed by atoms with Crippen LogP contribution in [0.15, 0.2) is 48.2 Å². The third kappa shape index (κ3) is 6.02. The van der Waals surface area contributed by atoms with E-state index in [0.29, 0.717) is 36.5 Å². The SMILES string of the molecule is Cc1ccc(C2=C(Nc3ccc(OC(C)C)cc3)C(=O)N(CCCOC(C)C)C2=O)cc1C. The van der Waals surface area contributed by atoms with E-state index in [9.17, 15) is 9.59 Å². The molecule has 1 N–H and O–H groups in total. The first kappa shape index (κ1) is 24.5. The predicted molar refractivity (Wildman–Crippen MR) is 131 cm³/mol. The van der Waals surface area contributed by atoms with Crippen LogP contribution in [0.1, 0.15) is 50.8 Å². The first-order valence-corrected chi connectivity index (χ1v) is 11.5. The molecule has 0 aromatic heterocycles. The monoisotopic (exact) mass is 450 g/mol. The third-order valence-corrected chi connectivity index (χ3v) is 5.44. The number of nitrogens with one attached hydrogen (secondary N) is 1. The van der Waals surface area contributed by atoms with Crippen molar-refractivity contribution >= 4 is 23.1 Å². The lowest BCUT2D eigenvalue weighted by Gasteiger charge is -2.16. The highest BCUT2D eigenvalue weighted by molar-refractivity contribution is 6.36. The van der Waals surface area contributed by atoms with Crippen LogP contribution in [-0.2, 0) is 14.3 Å². The topological polar surface area (TPSA) is 67.9 Å². The van der Waals surface area contributed by atoms with Crippen molar-refractivity contribution in [2.45, 2.75) is 60.2 Å². The molecular weight excluding hydrogens is 416 g/mol. The fraction of sp³-hybridized carbons (Fsp3) is 0.407. The van der Waals surface area contributed by atoms with Crippen LogP contribution in [0.2, 0.25) is 0 Å². The number of anilines is 1. The third-order valence-electron chi connectivity index (χ3n) is 5.44. The molecule has 3 rings (SSSR count). The number of hydrogen-bond donors (Lipinski definition) is 1. The lowest BCUT2D eigenvalue weighted by Crippen LogP contribution is -2.34. The molecule has 0 atom stereocenters. The van der Waals surface area contributed by atoms with E-state index in [2.05, 4.69) is 5.32 Å². The largest absolute Gasteiger partial charge is 0.491 e. The van der Waals surface area contributed by atoms with Crippen molar-refractivity contribution in [3.05, 3.63) is 64.9 Å². The van der Waals surface area contributed by atoms with Gasteiger partial charge in [-0.05, 0) is 88.9 Å². The molecule has 2 aromatic rings. The number of nitrogens with zero attached hydrogens (tertiary/aromatic N) is 1. The van der Waals surface area contributed by atoms with Crippen molar-refractivity contribution in [1.29, 1.82) is 0 Å². The Balaban J connectivity index is 1.90. The van der Waals surface area contributed by atoms with Crippen LogP contribution in [0.4, 0.5) is 5.69 Å². The average Bonchev–Trinajstić information content (AvgIpc) is 2.98. The van der Waals surface area contributed by atoms with Crippen LogP contribution >= 0.6 is 0 Å². The summed E-state index contributed by atoms with van der Waals surface area (Å²) in [5.74, 6) is 0.148. The van der Waals surface area contributed by atoms with E-state index in [1.807, 2.05) is 84.0 Å². The molecule has 33 heavy (non-hydrogen) atoms. The second kappa shape index (κ2) is 10.7. The summed E-state index contributed by atoms with van der Waals surface area (Å²) in [4.78, 5) is 28.0. The number of ether oxygens (including phenoxy) is 2. The van der Waals surface area contributed by atoms with E-state index in [-0.39, 0.29) is 24.0 Å². The number of hydrogen-bond acceptors (Lipinski definition) is 5. The summed E-state index contributed by atoms with van der Waals surface area (Å²) in [5, 5.41) is 3.20. The lowest BCUT2D eigenvalue weighted by molar-refractivity contribution is -0.137. The van der Waals surface area contributed by atoms with E-state index in [1.54, 1.807) is 0 Å². The zero-order chi connectivity index (χ0) is 24.1. The predicted octanol–water partition coefficient (Wildman–Crippen LogP) is 5.10. The highest BCUT2D eigenvalue weighted by Crippen LogP contribution is 2.32. The molecular formula is C27H34N2O4. The molecule has 0 aliphatic carbocycles. The van der Waals surface area contributed by atoms with Gasteiger partial charge in [-0.3, -0.25) is 14.5 Å². The number of amides is 2. The number of carbonyl (C=O) groups is 2. The molecule has 0 saturated carbocycles. The van der Waals surface area contributed by atoms with Gasteiger partial charge in [0.05, 0.1) is 17.8 Å². The minimum absolute atomic E-state index is 0.0742. The molecule has 2 amide bonds. The Labute approximate surface area is 196 Å². The number of benzene rings is 2. The molecule has 1 aliphatic rings. The standard InChI is InChI=1S/C27H34N2O4/c1-17(2)32-15-7-14-29-26(30)24(21-9-8-19(5)20(6)16-21)25(27(29)31)28-22-10-12-23(13-11-22)33-18(3)4/h8-13,16-18,28H,7,14-15H2,1-6H3. The van der Waals surface area contributed by atoms with Crippen LogP contribution in [0.3, 0.4) is 0 Å². The molecule has 0 fully saturated rings. The van der Waals surface area contributed by atoms with Crippen LogP contribution in [0, 0.1) is 13.8 Å². The van der Waals surface area contributed by atoms with Gasteiger partial charge < -0.3 is 14.8 Å². The molecule has 6 nitrogen and oxygen atoms in total. The van der Waals surface area contributed by atoms with Crippen molar-refractivity contribution in [3.8, 4) is 5.75 Å². The summed E-state index contributed by atoms with van der Waals surface area (Å²) >= 11 is 0. The maximum atomic E-state index is 13.4. The van der Waals surface area contributed by atoms with Crippen LogP contribution < -0.4 is 10.1 Å². The van der Waals surface area contributed by atoms with E-state index in [4.69, 9.17) is 9.47 Å². The molecule has 0 bridgehead atoms. The Kier molecular flexibility index (Phi) is 7.92. The van der Waals surface area contributed by atoms with E-state index in [0.717, 1.165) is 22.4 Å². The minimum atomic E-state index is -0.319. The van der Waals surface area contributed by atoms with Crippen LogP contribution in [0.25, 0.3) is 5.57 Å². The molecule has 6 heteroatoms. The molecule has 0 saturated heterocycles. The Bertz CT molecular complexity index is 1040. The van der Waals surface area contributed by atoms with Crippen molar-refractivity contribution in [2.24, 2.45) is 0 Å². The second-order valence-electron chi connectivity index (χ2n) is 8.90. The summed E-state index contributed by atoms with van der Waals surface area (Å²) < 4.78 is 11.3. The summed E-state index contributed by atoms with van der Waals surface area (Å²) in [5.41, 5.74) is 4.35. The van der Waals surface area contributed by atoms with Gasteiger partial charge in [0, 0.05) is 18.8 Å². The maximum Gasteiger partial charge on any atom is 0.278 e. The van der Waals surface area contributed by atoms with Crippen molar-refractivity contribution < 1.29 is 19.1 Å². The molecule has 176 valence electrons. The minimum Gasteiger partial charge on any atom is -0.491 e. The summed E-state index contributed by atoms with van der Waals surface area (Å²) in [7, 11) is 0. The molecule has 1 heterocycles. The van der Waals surface area contributed by atoms with Crippen molar-refractivity contribution in [2.75, 3.05) is 18.5 Å². The second-order valence-corrected chi connectivity index (χ2v) is 8.90. The summed E-state index contributed by atoms with van der Waals surface area (Å²) in [6.45, 7) is 12.7. The van der Waals surface area contributed by atoms with Gasteiger partial charge in [0.1, 0.15) is 11.4 Å². The number of rotatable bonds is 10. The van der Waals surface area contributed by atoms with E-state index in [1.165, 1.54) is 4.90 Å². The number of imide groups is 1. The number of aryl methyl sites for hydroxylation is 2. The van der Waals surface area contributed by atoms with E-state index >= 15 is 0 Å². The van der Waals surface area contributed by atoms with Crippen LogP contribution in [0.5, 0.6) is 5.75 Å². The summed E-state index contributed by atoms with van der Waals surface area (Å²) in [6.07, 6.45) is 0.772. The number of carbonyl (C=O) groups excluding carboxylic acids is 2. The maximum absolute atomic E-state index is 13.4. The van der Waals surface area contributed by atoms with Gasteiger partial charge in [-0.1, -0.05) is 18.2 Å². The van der Waals surface area contributed by atoms with Crippen LogP contribution in [-0.4, -0.2) is 42.1 Å². The van der Waals surface area contributed by atoms with Gasteiger partial charge in [-0.15, -0.1) is 0 Å². The average molecular weight is 451 g/mol. The van der Waals surface area contributed by atoms with E-state index < -0.39 is 0 Å². The Morgan fingerprint density at radius 2 is 1.58 bits per heavy atom. The Morgan fingerprint density at radius 3 is 2.18 bits per heavy atom. The molecule has 2 aromatic carbocycles. The van der Waals surface area contributed by atoms with Gasteiger partial charge in [0.25, 0.3) is 11.8 Å². The zero-order valence-corrected chi connectivity index (χ0v) is 20.4. The fourth-order valence-corrected chi connectivity index (χ4v) is 3.63. The first-order chi connectivity index (χ1) is 15.7. The summed E-state index contributed by atoms with van der Waals surface area (Å²) in [6, 6.07) is 13.2. The van der Waals surface area contributed by atoms with Gasteiger partial charge in [0.2, 0.25) is 0 Å². The molecule has 0 spiro atoms. The van der Waals surface area contributed by atoms with Gasteiger partial charge in [-0.2, -0.15) is 0 Å². The highest BCUT2D eigenvalue weighted by atomic mass is 16.5. The fourth-order valence-electron chi connectivity index (χ4n) is 3.63. The van der Waals surface area contributed by atoms with Crippen molar-refractivity contribution in [1.82, 2.24) is 4.90 Å². The molecule has 0 radical (unpaired) electrons. The van der Waals surface area contributed by atoms with Gasteiger partial charge in [-0.25, -0.2) is 0 Å². The Morgan fingerprint density at radius 1 is 0.879 bits per heavy atom. The zero-order valence-electron chi connectivity index (χ0n) is 20.4. The molecule has 0 unspecified atom stereocenters. The lowest BCUT2D eigenvalue weighted by atomic mass is 9.99.